The Labute approximate surface area is 96.9 Å². The molecule has 1 aliphatic rings. The lowest BCUT2D eigenvalue weighted by Crippen LogP contribution is -2.53. The van der Waals surface area contributed by atoms with Crippen LogP contribution in [0.25, 0.3) is 0 Å². The molecule has 1 fully saturated rings. The SMILES string of the molecule is COC(CC(C)(O)C1(CN)CCOC1)OC. The van der Waals surface area contributed by atoms with Crippen LogP contribution in [0.1, 0.15) is 19.8 Å². The molecule has 0 radical (unpaired) electrons. The highest BCUT2D eigenvalue weighted by molar-refractivity contribution is 4.99. The van der Waals surface area contributed by atoms with E-state index in [1.807, 2.05) is 0 Å². The van der Waals surface area contributed by atoms with Crippen molar-refractivity contribution in [2.24, 2.45) is 11.1 Å². The first kappa shape index (κ1) is 13.9. The second kappa shape index (κ2) is 5.42. The number of ether oxygens (including phenoxy) is 3. The number of nitrogens with two attached hydrogens (primary N) is 1. The molecule has 96 valence electrons. The quantitative estimate of drug-likeness (QED) is 0.637. The molecule has 0 amide bonds. The smallest absolute Gasteiger partial charge is 0.159 e. The highest BCUT2D eigenvalue weighted by Crippen LogP contribution is 2.41. The molecule has 0 aromatic heterocycles. The minimum Gasteiger partial charge on any atom is -0.389 e. The maximum absolute atomic E-state index is 10.6. The largest absolute Gasteiger partial charge is 0.389 e. The Bertz CT molecular complexity index is 210. The van der Waals surface area contributed by atoms with E-state index in [0.717, 1.165) is 6.42 Å². The minimum absolute atomic E-state index is 0.387. The van der Waals surface area contributed by atoms with Gasteiger partial charge in [-0.1, -0.05) is 0 Å². The van der Waals surface area contributed by atoms with Crippen LogP contribution < -0.4 is 5.73 Å². The topological polar surface area (TPSA) is 73.9 Å². The molecule has 0 bridgehead atoms. The Kier molecular flexibility index (Phi) is 4.70. The summed E-state index contributed by atoms with van der Waals surface area (Å²) in [5.41, 5.74) is 4.46. The fourth-order valence-electron chi connectivity index (χ4n) is 2.22. The molecular formula is C11H23NO4. The van der Waals surface area contributed by atoms with Crippen molar-refractivity contribution in [2.75, 3.05) is 34.0 Å². The van der Waals surface area contributed by atoms with Crippen molar-refractivity contribution in [1.82, 2.24) is 0 Å². The summed E-state index contributed by atoms with van der Waals surface area (Å²) < 4.78 is 15.6. The van der Waals surface area contributed by atoms with Crippen molar-refractivity contribution in [3.63, 3.8) is 0 Å². The number of rotatable bonds is 6. The molecule has 5 heteroatoms. The van der Waals surface area contributed by atoms with E-state index in [4.69, 9.17) is 19.9 Å². The monoisotopic (exact) mass is 233 g/mol. The summed E-state index contributed by atoms with van der Waals surface area (Å²) in [6.45, 7) is 3.33. The first-order valence-corrected chi connectivity index (χ1v) is 5.57. The van der Waals surface area contributed by atoms with Gasteiger partial charge in [-0.15, -0.1) is 0 Å². The van der Waals surface area contributed by atoms with E-state index in [1.165, 1.54) is 0 Å². The summed E-state index contributed by atoms with van der Waals surface area (Å²) in [6.07, 6.45) is 0.746. The second-order valence-corrected chi connectivity index (χ2v) is 4.67. The predicted octanol–water partition coefficient (Wildman–Crippen LogP) is 0.112. The van der Waals surface area contributed by atoms with Gasteiger partial charge >= 0.3 is 0 Å². The molecule has 0 aliphatic carbocycles. The van der Waals surface area contributed by atoms with Gasteiger partial charge < -0.3 is 25.1 Å². The van der Waals surface area contributed by atoms with Gasteiger partial charge in [-0.25, -0.2) is 0 Å². The van der Waals surface area contributed by atoms with Crippen LogP contribution in [0, 0.1) is 5.41 Å². The minimum atomic E-state index is -0.949. The number of hydrogen-bond acceptors (Lipinski definition) is 5. The van der Waals surface area contributed by atoms with Crippen LogP contribution in [0.15, 0.2) is 0 Å². The predicted molar refractivity (Wildman–Crippen MR) is 60.0 cm³/mol. The number of hydrogen-bond donors (Lipinski definition) is 2. The van der Waals surface area contributed by atoms with Crippen molar-refractivity contribution in [1.29, 1.82) is 0 Å². The first-order valence-electron chi connectivity index (χ1n) is 5.57. The Morgan fingerprint density at radius 2 is 2.12 bits per heavy atom. The van der Waals surface area contributed by atoms with Crippen molar-refractivity contribution in [3.8, 4) is 0 Å². The Morgan fingerprint density at radius 1 is 1.50 bits per heavy atom. The molecule has 5 nitrogen and oxygen atoms in total. The molecule has 2 atom stereocenters. The molecule has 3 N–H and O–H groups in total. The average Bonchev–Trinajstić information content (AvgIpc) is 2.76. The summed E-state index contributed by atoms with van der Waals surface area (Å²) in [5.74, 6) is 0. The third kappa shape index (κ3) is 2.55. The third-order valence-corrected chi connectivity index (χ3v) is 3.73. The van der Waals surface area contributed by atoms with Crippen molar-refractivity contribution in [2.45, 2.75) is 31.7 Å². The maximum atomic E-state index is 10.6. The molecule has 16 heavy (non-hydrogen) atoms. The first-order chi connectivity index (χ1) is 7.51. The second-order valence-electron chi connectivity index (χ2n) is 4.67. The van der Waals surface area contributed by atoms with E-state index in [0.29, 0.717) is 26.2 Å². The van der Waals surface area contributed by atoms with Crippen molar-refractivity contribution >= 4 is 0 Å². The molecule has 0 saturated carbocycles. The van der Waals surface area contributed by atoms with Crippen LogP contribution in [0.3, 0.4) is 0 Å². The van der Waals surface area contributed by atoms with E-state index in [-0.39, 0.29) is 5.41 Å². The van der Waals surface area contributed by atoms with Gasteiger partial charge in [-0.2, -0.15) is 0 Å². The molecule has 1 rings (SSSR count). The van der Waals surface area contributed by atoms with Crippen LogP contribution in [-0.4, -0.2) is 51.0 Å². The lowest BCUT2D eigenvalue weighted by molar-refractivity contribution is -0.169. The number of methoxy groups -OCH3 is 2. The Morgan fingerprint density at radius 3 is 2.50 bits per heavy atom. The van der Waals surface area contributed by atoms with Gasteiger partial charge in [-0.3, -0.25) is 0 Å². The molecule has 2 unspecified atom stereocenters. The van der Waals surface area contributed by atoms with Gasteiger partial charge in [-0.05, 0) is 13.3 Å². The highest BCUT2D eigenvalue weighted by Gasteiger charge is 2.49. The maximum Gasteiger partial charge on any atom is 0.159 e. The molecular weight excluding hydrogens is 210 g/mol. The van der Waals surface area contributed by atoms with Gasteiger partial charge in [0.2, 0.25) is 0 Å². The zero-order valence-corrected chi connectivity index (χ0v) is 10.4. The molecule has 1 saturated heterocycles. The van der Waals surface area contributed by atoms with E-state index in [1.54, 1.807) is 21.1 Å². The van der Waals surface area contributed by atoms with Gasteiger partial charge in [0, 0.05) is 39.2 Å². The lowest BCUT2D eigenvalue weighted by Gasteiger charge is -2.42. The van der Waals surface area contributed by atoms with E-state index >= 15 is 0 Å². The van der Waals surface area contributed by atoms with Gasteiger partial charge in [0.15, 0.2) is 6.29 Å². The van der Waals surface area contributed by atoms with Crippen LogP contribution in [0.2, 0.25) is 0 Å². The summed E-state index contributed by atoms with van der Waals surface area (Å²) in [7, 11) is 3.12. The summed E-state index contributed by atoms with van der Waals surface area (Å²) >= 11 is 0. The van der Waals surface area contributed by atoms with E-state index in [9.17, 15) is 5.11 Å². The zero-order valence-electron chi connectivity index (χ0n) is 10.4. The Balaban J connectivity index is 2.73. The fraction of sp³-hybridized carbons (Fsp3) is 1.00. The fourth-order valence-corrected chi connectivity index (χ4v) is 2.22. The van der Waals surface area contributed by atoms with E-state index in [2.05, 4.69) is 0 Å². The normalized spacial score (nSPS) is 29.6. The third-order valence-electron chi connectivity index (χ3n) is 3.73. The Hall–Kier alpha value is -0.200. The van der Waals surface area contributed by atoms with Crippen LogP contribution in [-0.2, 0) is 14.2 Å². The van der Waals surface area contributed by atoms with Gasteiger partial charge in [0.25, 0.3) is 0 Å². The van der Waals surface area contributed by atoms with E-state index < -0.39 is 11.9 Å². The summed E-state index contributed by atoms with van der Waals surface area (Å²) in [4.78, 5) is 0. The summed E-state index contributed by atoms with van der Waals surface area (Å²) in [6, 6.07) is 0. The number of aliphatic hydroxyl groups is 1. The van der Waals surface area contributed by atoms with Crippen molar-refractivity contribution in [3.05, 3.63) is 0 Å². The molecule has 0 spiro atoms. The van der Waals surface area contributed by atoms with Crippen LogP contribution in [0.4, 0.5) is 0 Å². The van der Waals surface area contributed by atoms with Crippen molar-refractivity contribution < 1.29 is 19.3 Å². The van der Waals surface area contributed by atoms with Gasteiger partial charge in [0.05, 0.1) is 12.2 Å². The van der Waals surface area contributed by atoms with Crippen LogP contribution >= 0.6 is 0 Å². The average molecular weight is 233 g/mol. The van der Waals surface area contributed by atoms with Gasteiger partial charge in [0.1, 0.15) is 0 Å². The molecule has 0 aromatic rings. The zero-order chi connectivity index (χ0) is 12.2. The summed E-state index contributed by atoms with van der Waals surface area (Å²) in [5, 5.41) is 10.6. The lowest BCUT2D eigenvalue weighted by atomic mass is 9.70. The standard InChI is InChI=1S/C11H23NO4/c1-10(13,6-9(14-2)15-3)11(7-12)4-5-16-8-11/h9,13H,4-8,12H2,1-3H3. The molecule has 1 heterocycles. The highest BCUT2D eigenvalue weighted by atomic mass is 16.7. The van der Waals surface area contributed by atoms with Crippen LogP contribution in [0.5, 0.6) is 0 Å². The molecule has 0 aromatic carbocycles. The molecule has 1 aliphatic heterocycles.